The number of thioether (sulfide) groups is 1. The van der Waals surface area contributed by atoms with Crippen molar-refractivity contribution < 1.29 is 13.2 Å². The van der Waals surface area contributed by atoms with Crippen LogP contribution in [0.2, 0.25) is 0 Å². The first-order valence-electron chi connectivity index (χ1n) is 6.20. The van der Waals surface area contributed by atoms with E-state index in [4.69, 9.17) is 12.2 Å². The summed E-state index contributed by atoms with van der Waals surface area (Å²) in [5, 5.41) is 0. The molecule has 0 fully saturated rings. The number of hydrogen-bond donors (Lipinski definition) is 0. The highest BCUT2D eigenvalue weighted by Gasteiger charge is 2.56. The Kier molecular flexibility index (Phi) is 7.98. The van der Waals surface area contributed by atoms with Crippen molar-refractivity contribution in [3.8, 4) is 0 Å². The van der Waals surface area contributed by atoms with Crippen molar-refractivity contribution in [1.82, 2.24) is 0 Å². The van der Waals surface area contributed by atoms with E-state index >= 15 is 0 Å². The average molecular weight is 310 g/mol. The minimum Gasteiger partial charge on any atom is -0.170 e. The number of allylic oxidation sites excluding steroid dienone is 2. The van der Waals surface area contributed by atoms with Crippen LogP contribution in [0.3, 0.4) is 0 Å². The molecule has 0 nitrogen and oxygen atoms in total. The summed E-state index contributed by atoms with van der Waals surface area (Å²) >= 11 is 6.23. The van der Waals surface area contributed by atoms with Crippen molar-refractivity contribution in [1.29, 1.82) is 0 Å². The number of hydrogen-bond acceptors (Lipinski definition) is 2. The molecule has 0 amide bonds. The van der Waals surface area contributed by atoms with Crippen molar-refractivity contribution >= 4 is 28.2 Å². The van der Waals surface area contributed by atoms with Crippen molar-refractivity contribution in [2.45, 2.75) is 45.7 Å². The summed E-state index contributed by atoms with van der Waals surface area (Å²) < 4.78 is 40.5. The van der Waals surface area contributed by atoms with Crippen molar-refractivity contribution in [2.75, 3.05) is 5.75 Å². The third-order valence-electron chi connectivity index (χ3n) is 2.76. The zero-order valence-corrected chi connectivity index (χ0v) is 13.1. The molecule has 0 aromatic heterocycles. The molecular weight excluding hydrogens is 289 g/mol. The molecule has 1 unspecified atom stereocenters. The summed E-state index contributed by atoms with van der Waals surface area (Å²) in [6, 6.07) is 0. The molecular formula is C14H21F3S2. The highest BCUT2D eigenvalue weighted by Crippen LogP contribution is 2.49. The fourth-order valence-corrected chi connectivity index (χ4v) is 3.46. The minimum atomic E-state index is -4.38. The quantitative estimate of drug-likeness (QED) is 0.309. The van der Waals surface area contributed by atoms with Crippen LogP contribution in [0.15, 0.2) is 24.8 Å². The number of halogens is 3. The third kappa shape index (κ3) is 5.30. The summed E-state index contributed by atoms with van der Waals surface area (Å²) in [5.74, 6) is 0.625. The van der Waals surface area contributed by atoms with E-state index in [1.165, 1.54) is 6.08 Å². The number of alkyl halides is 3. The molecule has 0 radical (unpaired) electrons. The van der Waals surface area contributed by atoms with E-state index < -0.39 is 11.6 Å². The Hall–Kier alpha value is -0.290. The topological polar surface area (TPSA) is 0 Å². The van der Waals surface area contributed by atoms with Crippen LogP contribution < -0.4 is 0 Å². The Morgan fingerprint density at radius 2 is 1.95 bits per heavy atom. The van der Waals surface area contributed by atoms with E-state index in [9.17, 15) is 13.2 Å². The van der Waals surface area contributed by atoms with Gasteiger partial charge < -0.3 is 0 Å². The van der Waals surface area contributed by atoms with Gasteiger partial charge in [-0.1, -0.05) is 37.2 Å². The lowest BCUT2D eigenvalue weighted by Gasteiger charge is -2.35. The second kappa shape index (κ2) is 8.10. The van der Waals surface area contributed by atoms with Crippen LogP contribution in [-0.2, 0) is 0 Å². The standard InChI is InChI=1S/C14H21F3S2/c1-5-7-9-19-12(18)13(8-6-2,10-11(3)4)14(15,16)17/h6H,2-3,5,7-10H2,1,4H3. The van der Waals surface area contributed by atoms with Gasteiger partial charge in [0.05, 0.1) is 4.20 Å². The van der Waals surface area contributed by atoms with Crippen LogP contribution in [0.25, 0.3) is 0 Å². The fourth-order valence-electron chi connectivity index (χ4n) is 1.77. The third-order valence-corrected chi connectivity index (χ3v) is 4.65. The molecule has 5 heteroatoms. The molecule has 110 valence electrons. The van der Waals surface area contributed by atoms with Crippen LogP contribution in [0.5, 0.6) is 0 Å². The molecule has 0 rings (SSSR count). The van der Waals surface area contributed by atoms with E-state index in [2.05, 4.69) is 13.2 Å². The SMILES string of the molecule is C=CCC(CC(=C)C)(C(=S)SCCCC)C(F)(F)F. The van der Waals surface area contributed by atoms with E-state index in [1.54, 1.807) is 6.92 Å². The molecule has 0 bridgehead atoms. The first kappa shape index (κ1) is 18.7. The maximum Gasteiger partial charge on any atom is 0.400 e. The van der Waals surface area contributed by atoms with Crippen LogP contribution in [0.4, 0.5) is 13.2 Å². The lowest BCUT2D eigenvalue weighted by atomic mass is 9.80. The second-order valence-electron chi connectivity index (χ2n) is 4.70. The molecule has 0 aromatic carbocycles. The van der Waals surface area contributed by atoms with Crippen LogP contribution in [0, 0.1) is 5.41 Å². The molecule has 0 saturated carbocycles. The maximum atomic E-state index is 13.5. The number of rotatable bonds is 8. The van der Waals surface area contributed by atoms with Gasteiger partial charge in [0.25, 0.3) is 0 Å². The molecule has 0 saturated heterocycles. The van der Waals surface area contributed by atoms with Gasteiger partial charge in [0, 0.05) is 0 Å². The molecule has 0 N–H and O–H groups in total. The Morgan fingerprint density at radius 1 is 1.37 bits per heavy atom. The first-order chi connectivity index (χ1) is 8.71. The summed E-state index contributed by atoms with van der Waals surface area (Å²) in [4.78, 5) is 0. The van der Waals surface area contributed by atoms with Crippen LogP contribution >= 0.6 is 24.0 Å². The van der Waals surface area contributed by atoms with E-state index in [1.807, 2.05) is 6.92 Å². The number of unbranched alkanes of at least 4 members (excludes halogenated alkanes) is 1. The van der Waals surface area contributed by atoms with Crippen molar-refractivity contribution in [3.63, 3.8) is 0 Å². The lowest BCUT2D eigenvalue weighted by molar-refractivity contribution is -0.194. The predicted octanol–water partition coefficient (Wildman–Crippen LogP) is 5.94. The van der Waals surface area contributed by atoms with Gasteiger partial charge in [-0.2, -0.15) is 13.2 Å². The van der Waals surface area contributed by atoms with Gasteiger partial charge >= 0.3 is 6.18 Å². The molecule has 0 heterocycles. The molecule has 1 atom stereocenters. The molecule has 0 spiro atoms. The largest absolute Gasteiger partial charge is 0.400 e. The maximum absolute atomic E-state index is 13.5. The Bertz CT molecular complexity index is 334. The molecule has 0 aromatic rings. The van der Waals surface area contributed by atoms with Gasteiger partial charge in [0.2, 0.25) is 0 Å². The van der Waals surface area contributed by atoms with E-state index in [0.717, 1.165) is 24.6 Å². The summed E-state index contributed by atoms with van der Waals surface area (Å²) in [6.07, 6.45) is -1.64. The smallest absolute Gasteiger partial charge is 0.170 e. The zero-order chi connectivity index (χ0) is 15.1. The lowest BCUT2D eigenvalue weighted by Crippen LogP contribution is -2.43. The monoisotopic (exact) mass is 310 g/mol. The first-order valence-corrected chi connectivity index (χ1v) is 7.60. The van der Waals surface area contributed by atoms with Crippen LogP contribution in [-0.4, -0.2) is 16.1 Å². The Morgan fingerprint density at radius 3 is 2.32 bits per heavy atom. The number of thiocarbonyl (C=S) groups is 1. The van der Waals surface area contributed by atoms with Gasteiger partial charge in [-0.05, 0) is 31.9 Å². The van der Waals surface area contributed by atoms with Gasteiger partial charge in [0.1, 0.15) is 5.41 Å². The van der Waals surface area contributed by atoms with Crippen molar-refractivity contribution in [3.05, 3.63) is 24.8 Å². The van der Waals surface area contributed by atoms with Crippen molar-refractivity contribution in [2.24, 2.45) is 5.41 Å². The highest BCUT2D eigenvalue weighted by molar-refractivity contribution is 8.23. The molecule has 0 aliphatic heterocycles. The summed E-state index contributed by atoms with van der Waals surface area (Å²) in [6.45, 7) is 10.7. The summed E-state index contributed by atoms with van der Waals surface area (Å²) in [7, 11) is 0. The Labute approximate surface area is 123 Å². The highest BCUT2D eigenvalue weighted by atomic mass is 32.2. The fraction of sp³-hybridized carbons (Fsp3) is 0.643. The zero-order valence-electron chi connectivity index (χ0n) is 11.5. The normalized spacial score (nSPS) is 14.8. The van der Waals surface area contributed by atoms with E-state index in [-0.39, 0.29) is 17.0 Å². The van der Waals surface area contributed by atoms with E-state index in [0.29, 0.717) is 11.3 Å². The predicted molar refractivity (Wildman–Crippen MR) is 82.7 cm³/mol. The second-order valence-corrected chi connectivity index (χ2v) is 6.47. The van der Waals surface area contributed by atoms with Gasteiger partial charge in [-0.3, -0.25) is 0 Å². The molecule has 19 heavy (non-hydrogen) atoms. The van der Waals surface area contributed by atoms with Gasteiger partial charge in [-0.25, -0.2) is 0 Å². The van der Waals surface area contributed by atoms with Gasteiger partial charge in [-0.15, -0.1) is 24.9 Å². The molecule has 0 aliphatic carbocycles. The molecule has 0 aliphatic rings. The average Bonchev–Trinajstić information content (AvgIpc) is 2.26. The summed E-state index contributed by atoms with van der Waals surface area (Å²) in [5.41, 5.74) is -1.52. The minimum absolute atomic E-state index is 0.0105. The van der Waals surface area contributed by atoms with Gasteiger partial charge in [0.15, 0.2) is 0 Å². The Balaban J connectivity index is 5.25. The van der Waals surface area contributed by atoms with Crippen LogP contribution in [0.1, 0.15) is 39.5 Å².